The third-order valence-corrected chi connectivity index (χ3v) is 1.45. The Morgan fingerprint density at radius 3 is 2.50 bits per heavy atom. The van der Waals surface area contributed by atoms with Gasteiger partial charge in [-0.1, -0.05) is 12.8 Å². The second-order valence-corrected chi connectivity index (χ2v) is 2.40. The standard InChI is InChI=1S/C7H17N3/c1-9-6-4-2-3-5-7-10-8/h8-9H,2-7H2,1H3. The second-order valence-electron chi connectivity index (χ2n) is 2.40. The minimum absolute atomic E-state index is 0.708. The summed E-state index contributed by atoms with van der Waals surface area (Å²) < 4.78 is 0. The number of nitrogens with one attached hydrogen (secondary N) is 2. The summed E-state index contributed by atoms with van der Waals surface area (Å²) in [6.07, 6.45) is 4.79. The summed E-state index contributed by atoms with van der Waals surface area (Å²) in [7, 11) is 1.97. The highest BCUT2D eigenvalue weighted by Crippen LogP contribution is 1.98. The van der Waals surface area contributed by atoms with Crippen LogP contribution in [0, 0.1) is 5.53 Å². The van der Waals surface area contributed by atoms with Gasteiger partial charge in [0, 0.05) is 0 Å². The lowest BCUT2D eigenvalue weighted by molar-refractivity contribution is 0.614. The van der Waals surface area contributed by atoms with Crippen molar-refractivity contribution in [1.29, 1.82) is 5.53 Å². The van der Waals surface area contributed by atoms with E-state index in [2.05, 4.69) is 10.4 Å². The first-order valence-corrected chi connectivity index (χ1v) is 3.89. The van der Waals surface area contributed by atoms with Crippen molar-refractivity contribution < 1.29 is 0 Å². The molecule has 60 valence electrons. The van der Waals surface area contributed by atoms with Gasteiger partial charge in [-0.05, 0) is 26.4 Å². The van der Waals surface area contributed by atoms with Crippen molar-refractivity contribution in [3.05, 3.63) is 0 Å². The van der Waals surface area contributed by atoms with Crippen molar-refractivity contribution in [2.45, 2.75) is 25.7 Å². The smallest absolute Gasteiger partial charge is 0.0596 e. The molecule has 0 radical (unpaired) electrons. The predicted octanol–water partition coefficient (Wildman–Crippen LogP) is 1.80. The number of unbranched alkanes of at least 4 members (excludes halogenated alkanes) is 3. The van der Waals surface area contributed by atoms with Crippen molar-refractivity contribution in [2.24, 2.45) is 5.11 Å². The summed E-state index contributed by atoms with van der Waals surface area (Å²) in [4.78, 5) is 0. The molecule has 0 saturated carbocycles. The quantitative estimate of drug-likeness (QED) is 0.414. The molecule has 0 bridgehead atoms. The van der Waals surface area contributed by atoms with E-state index in [1.807, 2.05) is 7.05 Å². The van der Waals surface area contributed by atoms with Crippen LogP contribution < -0.4 is 5.32 Å². The first-order chi connectivity index (χ1) is 4.91. The summed E-state index contributed by atoms with van der Waals surface area (Å²) in [5.41, 5.74) is 6.53. The fourth-order valence-corrected chi connectivity index (χ4v) is 0.846. The molecule has 0 rings (SSSR count). The molecule has 0 aromatic rings. The average Bonchev–Trinajstić information content (AvgIpc) is 1.97. The zero-order valence-corrected chi connectivity index (χ0v) is 6.69. The molecule has 0 unspecified atom stereocenters. The molecular weight excluding hydrogens is 126 g/mol. The van der Waals surface area contributed by atoms with E-state index in [0.29, 0.717) is 6.54 Å². The molecule has 0 aliphatic rings. The molecule has 0 heterocycles. The van der Waals surface area contributed by atoms with E-state index >= 15 is 0 Å². The summed E-state index contributed by atoms with van der Waals surface area (Å²) in [5.74, 6) is 0. The number of nitrogens with zero attached hydrogens (tertiary/aromatic N) is 1. The summed E-state index contributed by atoms with van der Waals surface area (Å²) in [5, 5.41) is 6.39. The third kappa shape index (κ3) is 7.56. The van der Waals surface area contributed by atoms with Gasteiger partial charge in [0.05, 0.1) is 6.54 Å². The van der Waals surface area contributed by atoms with E-state index in [9.17, 15) is 0 Å². The molecule has 0 fully saturated rings. The number of hydrogen-bond acceptors (Lipinski definition) is 3. The highest BCUT2D eigenvalue weighted by atomic mass is 14.9. The molecule has 3 heteroatoms. The molecule has 0 aromatic heterocycles. The maximum absolute atomic E-state index is 6.53. The van der Waals surface area contributed by atoms with E-state index in [1.54, 1.807) is 0 Å². The Morgan fingerprint density at radius 1 is 1.20 bits per heavy atom. The van der Waals surface area contributed by atoms with Gasteiger partial charge in [0.1, 0.15) is 0 Å². The van der Waals surface area contributed by atoms with Crippen LogP contribution in [0.2, 0.25) is 0 Å². The van der Waals surface area contributed by atoms with E-state index in [-0.39, 0.29) is 0 Å². The predicted molar refractivity (Wildman–Crippen MR) is 42.4 cm³/mol. The van der Waals surface area contributed by atoms with Crippen LogP contribution >= 0.6 is 0 Å². The van der Waals surface area contributed by atoms with Gasteiger partial charge in [-0.25, -0.2) is 5.53 Å². The zero-order chi connectivity index (χ0) is 7.66. The highest BCUT2D eigenvalue weighted by Gasteiger charge is 1.86. The summed E-state index contributed by atoms with van der Waals surface area (Å²) in [6.45, 7) is 1.82. The largest absolute Gasteiger partial charge is 0.320 e. The summed E-state index contributed by atoms with van der Waals surface area (Å²) >= 11 is 0. The van der Waals surface area contributed by atoms with Crippen molar-refractivity contribution in [2.75, 3.05) is 20.1 Å². The molecule has 0 spiro atoms. The fourth-order valence-electron chi connectivity index (χ4n) is 0.846. The van der Waals surface area contributed by atoms with Crippen LogP contribution in [-0.2, 0) is 0 Å². The maximum Gasteiger partial charge on any atom is 0.0596 e. The van der Waals surface area contributed by atoms with Crippen molar-refractivity contribution in [1.82, 2.24) is 5.32 Å². The van der Waals surface area contributed by atoms with Crippen molar-refractivity contribution >= 4 is 0 Å². The van der Waals surface area contributed by atoms with Crippen LogP contribution in [0.1, 0.15) is 25.7 Å². The lowest BCUT2D eigenvalue weighted by Gasteiger charge is -1.97. The van der Waals surface area contributed by atoms with Crippen LogP contribution in [0.5, 0.6) is 0 Å². The van der Waals surface area contributed by atoms with Crippen molar-refractivity contribution in [3.8, 4) is 0 Å². The fraction of sp³-hybridized carbons (Fsp3) is 1.00. The average molecular weight is 143 g/mol. The van der Waals surface area contributed by atoms with Crippen LogP contribution in [0.4, 0.5) is 0 Å². The Balaban J connectivity index is 2.70. The molecule has 3 nitrogen and oxygen atoms in total. The molecule has 10 heavy (non-hydrogen) atoms. The van der Waals surface area contributed by atoms with Crippen molar-refractivity contribution in [3.63, 3.8) is 0 Å². The lowest BCUT2D eigenvalue weighted by Crippen LogP contribution is -2.06. The number of rotatable bonds is 7. The maximum atomic E-state index is 6.53. The van der Waals surface area contributed by atoms with Gasteiger partial charge in [0.15, 0.2) is 0 Å². The molecule has 0 amide bonds. The molecule has 0 saturated heterocycles. The van der Waals surface area contributed by atoms with Gasteiger partial charge in [-0.2, -0.15) is 5.11 Å². The Labute approximate surface area is 62.7 Å². The van der Waals surface area contributed by atoms with Gasteiger partial charge >= 0.3 is 0 Å². The minimum atomic E-state index is 0.708. The Kier molecular flexibility index (Phi) is 8.18. The molecule has 0 aliphatic heterocycles. The van der Waals surface area contributed by atoms with Gasteiger partial charge in [0.25, 0.3) is 0 Å². The van der Waals surface area contributed by atoms with Crippen LogP contribution in [-0.4, -0.2) is 20.1 Å². The van der Waals surface area contributed by atoms with E-state index in [4.69, 9.17) is 5.53 Å². The lowest BCUT2D eigenvalue weighted by atomic mass is 10.2. The van der Waals surface area contributed by atoms with Crippen LogP contribution in [0.3, 0.4) is 0 Å². The van der Waals surface area contributed by atoms with Gasteiger partial charge in [-0.3, -0.25) is 0 Å². The van der Waals surface area contributed by atoms with Gasteiger partial charge < -0.3 is 5.32 Å². The van der Waals surface area contributed by atoms with Crippen LogP contribution in [0.15, 0.2) is 5.11 Å². The Morgan fingerprint density at radius 2 is 1.90 bits per heavy atom. The van der Waals surface area contributed by atoms with Crippen LogP contribution in [0.25, 0.3) is 0 Å². The molecular formula is C7H17N3. The topological polar surface area (TPSA) is 48.2 Å². The normalized spacial score (nSPS) is 9.70. The first-order valence-electron chi connectivity index (χ1n) is 3.89. The molecule has 0 aromatic carbocycles. The number of hydrogen-bond donors (Lipinski definition) is 2. The zero-order valence-electron chi connectivity index (χ0n) is 6.69. The summed E-state index contributed by atoms with van der Waals surface area (Å²) in [6, 6.07) is 0. The molecule has 0 aliphatic carbocycles. The SMILES string of the molecule is CNCCCCCCN=N. The third-order valence-electron chi connectivity index (χ3n) is 1.45. The van der Waals surface area contributed by atoms with Gasteiger partial charge in [0.2, 0.25) is 0 Å². The minimum Gasteiger partial charge on any atom is -0.320 e. The highest BCUT2D eigenvalue weighted by molar-refractivity contribution is 4.45. The van der Waals surface area contributed by atoms with E-state index < -0.39 is 0 Å². The van der Waals surface area contributed by atoms with E-state index in [1.165, 1.54) is 19.3 Å². The van der Waals surface area contributed by atoms with Gasteiger partial charge in [-0.15, -0.1) is 0 Å². The Bertz CT molecular complexity index is 73.3. The molecule has 0 atom stereocenters. The molecule has 2 N–H and O–H groups in total. The Hall–Kier alpha value is -0.440. The van der Waals surface area contributed by atoms with E-state index in [0.717, 1.165) is 13.0 Å². The first kappa shape index (κ1) is 9.56. The monoisotopic (exact) mass is 143 g/mol. The second kappa shape index (κ2) is 8.56.